The summed E-state index contributed by atoms with van der Waals surface area (Å²) in [5.41, 5.74) is 7.03. The molecule has 0 saturated carbocycles. The minimum absolute atomic E-state index is 0.0997. The molecule has 0 spiro atoms. The molecular weight excluding hydrogens is 342 g/mol. The molecule has 0 heterocycles. The van der Waals surface area contributed by atoms with Gasteiger partial charge in [-0.2, -0.15) is 0 Å². The van der Waals surface area contributed by atoms with E-state index in [1.54, 1.807) is 0 Å². The average molecular weight is 364 g/mol. The van der Waals surface area contributed by atoms with Crippen molar-refractivity contribution in [3.63, 3.8) is 0 Å². The van der Waals surface area contributed by atoms with Gasteiger partial charge < -0.3 is 10.5 Å². The summed E-state index contributed by atoms with van der Waals surface area (Å²) in [7, 11) is -2.93. The quantitative estimate of drug-likeness (QED) is 0.720. The third-order valence-electron chi connectivity index (χ3n) is 2.95. The fourth-order valence-electron chi connectivity index (χ4n) is 1.78. The third kappa shape index (κ3) is 6.72. The smallest absolute Gasteiger partial charge is 0.147 e. The monoisotopic (exact) mass is 363 g/mol. The highest BCUT2D eigenvalue weighted by Gasteiger charge is 2.09. The molecule has 6 heteroatoms. The van der Waals surface area contributed by atoms with Gasteiger partial charge in [-0.3, -0.25) is 0 Å². The van der Waals surface area contributed by atoms with E-state index in [1.807, 2.05) is 18.2 Å². The van der Waals surface area contributed by atoms with Crippen LogP contribution in [0.4, 0.5) is 0 Å². The molecule has 0 aliphatic heterocycles. The zero-order valence-corrected chi connectivity index (χ0v) is 14.3. The molecule has 0 aromatic heterocycles. The van der Waals surface area contributed by atoms with Crippen LogP contribution in [0.1, 0.15) is 25.3 Å². The molecule has 1 unspecified atom stereocenters. The Kier molecular flexibility index (Phi) is 6.99. The lowest BCUT2D eigenvalue weighted by atomic mass is 10.0. The van der Waals surface area contributed by atoms with Gasteiger partial charge in [-0.25, -0.2) is 8.42 Å². The molecule has 2 N–H and O–H groups in total. The topological polar surface area (TPSA) is 69.4 Å². The van der Waals surface area contributed by atoms with Crippen molar-refractivity contribution >= 4 is 25.8 Å². The lowest BCUT2D eigenvalue weighted by molar-refractivity contribution is 0.313. The maximum absolute atomic E-state index is 11.1. The lowest BCUT2D eigenvalue weighted by Crippen LogP contribution is -2.21. The number of rotatable bonds is 8. The number of benzene rings is 1. The fraction of sp³-hybridized carbons (Fsp3) is 0.571. The van der Waals surface area contributed by atoms with E-state index in [4.69, 9.17) is 10.5 Å². The van der Waals surface area contributed by atoms with Crippen molar-refractivity contribution in [1.29, 1.82) is 0 Å². The molecule has 0 amide bonds. The first kappa shape index (κ1) is 17.5. The van der Waals surface area contributed by atoms with Crippen LogP contribution in [-0.2, 0) is 16.3 Å². The average Bonchev–Trinajstić information content (AvgIpc) is 2.35. The first-order valence-corrected chi connectivity index (χ1v) is 9.51. The Labute approximate surface area is 129 Å². The second-order valence-corrected chi connectivity index (χ2v) is 8.13. The van der Waals surface area contributed by atoms with E-state index in [-0.39, 0.29) is 11.8 Å². The third-order valence-corrected chi connectivity index (χ3v) is 4.47. The van der Waals surface area contributed by atoms with Crippen molar-refractivity contribution in [3.05, 3.63) is 28.2 Å². The number of hydrogen-bond donors (Lipinski definition) is 1. The summed E-state index contributed by atoms with van der Waals surface area (Å²) in [6.07, 6.45) is 3.38. The molecule has 1 aromatic carbocycles. The summed E-state index contributed by atoms with van der Waals surface area (Å²) in [4.78, 5) is 0. The Morgan fingerprint density at radius 2 is 2.10 bits per heavy atom. The van der Waals surface area contributed by atoms with Gasteiger partial charge in [0.25, 0.3) is 0 Å². The van der Waals surface area contributed by atoms with E-state index in [0.29, 0.717) is 13.0 Å². The van der Waals surface area contributed by atoms with E-state index in [1.165, 1.54) is 6.26 Å². The highest BCUT2D eigenvalue weighted by Crippen LogP contribution is 2.25. The largest absolute Gasteiger partial charge is 0.493 e. The van der Waals surface area contributed by atoms with Crippen LogP contribution in [0.15, 0.2) is 22.7 Å². The Hall–Kier alpha value is -0.590. The fourth-order valence-corrected chi connectivity index (χ4v) is 2.83. The van der Waals surface area contributed by atoms with Gasteiger partial charge in [0.1, 0.15) is 15.6 Å². The van der Waals surface area contributed by atoms with Crippen LogP contribution in [0.25, 0.3) is 0 Å². The van der Waals surface area contributed by atoms with E-state index >= 15 is 0 Å². The highest BCUT2D eigenvalue weighted by atomic mass is 79.9. The first-order valence-electron chi connectivity index (χ1n) is 6.66. The molecule has 0 radical (unpaired) electrons. The van der Waals surface area contributed by atoms with E-state index in [9.17, 15) is 8.42 Å². The summed E-state index contributed by atoms with van der Waals surface area (Å²) in [5, 5.41) is 0. The van der Waals surface area contributed by atoms with Gasteiger partial charge in [0.2, 0.25) is 0 Å². The number of hydrogen-bond acceptors (Lipinski definition) is 4. The van der Waals surface area contributed by atoms with Crippen LogP contribution < -0.4 is 10.5 Å². The Morgan fingerprint density at radius 3 is 2.70 bits per heavy atom. The van der Waals surface area contributed by atoms with Crippen LogP contribution >= 0.6 is 15.9 Å². The predicted octanol–water partition coefficient (Wildman–Crippen LogP) is 2.54. The molecule has 0 bridgehead atoms. The van der Waals surface area contributed by atoms with Gasteiger partial charge in [0, 0.05) is 16.8 Å². The van der Waals surface area contributed by atoms with Crippen LogP contribution in [0.3, 0.4) is 0 Å². The summed E-state index contributed by atoms with van der Waals surface area (Å²) in [6.45, 7) is 2.44. The number of nitrogens with two attached hydrogens (primary N) is 1. The highest BCUT2D eigenvalue weighted by molar-refractivity contribution is 9.10. The van der Waals surface area contributed by atoms with Crippen molar-refractivity contribution in [3.8, 4) is 5.75 Å². The van der Waals surface area contributed by atoms with Gasteiger partial charge in [-0.15, -0.1) is 0 Å². The summed E-state index contributed by atoms with van der Waals surface area (Å²) in [5.74, 6) is 0.929. The maximum atomic E-state index is 11.1. The van der Waals surface area contributed by atoms with Crippen LogP contribution in [-0.4, -0.2) is 33.1 Å². The molecule has 20 heavy (non-hydrogen) atoms. The molecule has 4 nitrogen and oxygen atoms in total. The Balaban J connectivity index is 2.64. The van der Waals surface area contributed by atoms with Gasteiger partial charge >= 0.3 is 0 Å². The van der Waals surface area contributed by atoms with Crippen LogP contribution in [0, 0.1) is 0 Å². The zero-order valence-electron chi connectivity index (χ0n) is 11.9. The molecule has 0 aliphatic carbocycles. The molecule has 1 rings (SSSR count). The summed E-state index contributed by atoms with van der Waals surface area (Å²) < 4.78 is 28.8. The molecule has 1 aromatic rings. The minimum atomic E-state index is -2.93. The van der Waals surface area contributed by atoms with Gasteiger partial charge in [-0.05, 0) is 43.0 Å². The standard InChI is InChI=1S/C14H22BrNO3S/c1-3-13(16)10-11-9-12(15)5-6-14(11)19-7-4-8-20(2,17)18/h5-6,9,13H,3-4,7-8,10,16H2,1-2H3. The molecule has 0 saturated heterocycles. The maximum Gasteiger partial charge on any atom is 0.147 e. The number of halogens is 1. The van der Waals surface area contributed by atoms with Crippen molar-refractivity contribution in [2.24, 2.45) is 5.73 Å². The Bertz CT molecular complexity index is 531. The SMILES string of the molecule is CCC(N)Cc1cc(Br)ccc1OCCCS(C)(=O)=O. The van der Waals surface area contributed by atoms with E-state index in [2.05, 4.69) is 22.9 Å². The summed E-state index contributed by atoms with van der Waals surface area (Å²) >= 11 is 3.44. The molecule has 114 valence electrons. The summed E-state index contributed by atoms with van der Waals surface area (Å²) in [6, 6.07) is 5.90. The van der Waals surface area contributed by atoms with E-state index < -0.39 is 9.84 Å². The molecule has 1 atom stereocenters. The first-order chi connectivity index (χ1) is 9.31. The van der Waals surface area contributed by atoms with Crippen molar-refractivity contribution in [2.45, 2.75) is 32.2 Å². The van der Waals surface area contributed by atoms with Gasteiger partial charge in [0.05, 0.1) is 12.4 Å². The second kappa shape index (κ2) is 8.00. The zero-order chi connectivity index (χ0) is 15.2. The Morgan fingerprint density at radius 1 is 1.40 bits per heavy atom. The second-order valence-electron chi connectivity index (χ2n) is 4.96. The van der Waals surface area contributed by atoms with E-state index in [0.717, 1.165) is 28.6 Å². The number of sulfone groups is 1. The molecule has 0 fully saturated rings. The van der Waals surface area contributed by atoms with Gasteiger partial charge in [-0.1, -0.05) is 22.9 Å². The van der Waals surface area contributed by atoms with Crippen molar-refractivity contribution < 1.29 is 13.2 Å². The van der Waals surface area contributed by atoms with Crippen LogP contribution in [0.2, 0.25) is 0 Å². The molecular formula is C14H22BrNO3S. The van der Waals surface area contributed by atoms with Crippen molar-refractivity contribution in [2.75, 3.05) is 18.6 Å². The number of ether oxygens (including phenoxy) is 1. The lowest BCUT2D eigenvalue weighted by Gasteiger charge is -2.15. The molecule has 0 aliphatic rings. The normalized spacial score (nSPS) is 13.2. The minimum Gasteiger partial charge on any atom is -0.493 e. The van der Waals surface area contributed by atoms with Crippen LogP contribution in [0.5, 0.6) is 5.75 Å². The predicted molar refractivity (Wildman–Crippen MR) is 85.9 cm³/mol. The van der Waals surface area contributed by atoms with Gasteiger partial charge in [0.15, 0.2) is 0 Å². The van der Waals surface area contributed by atoms with Crippen molar-refractivity contribution in [1.82, 2.24) is 0 Å².